The molecule has 86 valence electrons. The van der Waals surface area contributed by atoms with Crippen LogP contribution in [-0.2, 0) is 4.79 Å². The number of ketones is 1. The third-order valence-electron chi connectivity index (χ3n) is 3.06. The van der Waals surface area contributed by atoms with E-state index in [-0.39, 0.29) is 17.3 Å². The molecule has 0 saturated carbocycles. The van der Waals surface area contributed by atoms with Crippen molar-refractivity contribution in [2.24, 2.45) is 5.92 Å². The van der Waals surface area contributed by atoms with Crippen LogP contribution in [0.4, 0.5) is 5.82 Å². The van der Waals surface area contributed by atoms with Gasteiger partial charge in [0.15, 0.2) is 0 Å². The van der Waals surface area contributed by atoms with Gasteiger partial charge in [0.05, 0.1) is 6.33 Å². The van der Waals surface area contributed by atoms with Gasteiger partial charge < -0.3 is 9.88 Å². The molecule has 16 heavy (non-hydrogen) atoms. The highest BCUT2D eigenvalue weighted by molar-refractivity contribution is 5.78. The summed E-state index contributed by atoms with van der Waals surface area (Å²) in [6, 6.07) is 1.49. The number of nitrogens with zero attached hydrogens (tertiary/aromatic N) is 2. The first kappa shape index (κ1) is 10.9. The van der Waals surface area contributed by atoms with E-state index in [0.717, 1.165) is 25.9 Å². The molecule has 0 atom stereocenters. The number of rotatable bonds is 2. The lowest BCUT2D eigenvalue weighted by Crippen LogP contribution is -2.36. The van der Waals surface area contributed by atoms with Gasteiger partial charge in [0.1, 0.15) is 11.6 Å². The van der Waals surface area contributed by atoms with Crippen molar-refractivity contribution < 1.29 is 4.79 Å². The van der Waals surface area contributed by atoms with Crippen molar-refractivity contribution in [2.45, 2.75) is 19.8 Å². The van der Waals surface area contributed by atoms with E-state index in [9.17, 15) is 9.59 Å². The SMILES string of the molecule is CC(=O)C1CCN(c2cc(=O)[nH]cn2)CC1. The first-order valence-electron chi connectivity index (χ1n) is 5.47. The number of Topliss-reactive ketones (excluding diaryl/α,β-unsaturated/α-hetero) is 1. The van der Waals surface area contributed by atoms with E-state index in [2.05, 4.69) is 14.9 Å². The van der Waals surface area contributed by atoms with Crippen LogP contribution < -0.4 is 10.5 Å². The Balaban J connectivity index is 2.04. The minimum Gasteiger partial charge on any atom is -0.356 e. The Hall–Kier alpha value is -1.65. The van der Waals surface area contributed by atoms with Gasteiger partial charge in [-0.05, 0) is 19.8 Å². The molecule has 0 radical (unpaired) electrons. The second-order valence-corrected chi connectivity index (χ2v) is 4.14. The number of carbonyl (C=O) groups is 1. The average molecular weight is 221 g/mol. The van der Waals surface area contributed by atoms with E-state index < -0.39 is 0 Å². The normalized spacial score (nSPS) is 17.4. The molecule has 0 amide bonds. The zero-order valence-electron chi connectivity index (χ0n) is 9.27. The summed E-state index contributed by atoms with van der Waals surface area (Å²) in [7, 11) is 0. The summed E-state index contributed by atoms with van der Waals surface area (Å²) in [6.07, 6.45) is 3.11. The maximum atomic E-state index is 11.2. The molecule has 0 unspecified atom stereocenters. The van der Waals surface area contributed by atoms with Gasteiger partial charge in [-0.3, -0.25) is 9.59 Å². The van der Waals surface area contributed by atoms with E-state index in [1.807, 2.05) is 0 Å². The summed E-state index contributed by atoms with van der Waals surface area (Å²) in [6.45, 7) is 3.23. The Kier molecular flexibility index (Phi) is 3.03. The predicted octanol–water partition coefficient (Wildman–Crippen LogP) is 0.575. The minimum absolute atomic E-state index is 0.140. The molecule has 1 aliphatic rings. The summed E-state index contributed by atoms with van der Waals surface area (Å²) in [4.78, 5) is 31.0. The molecule has 1 N–H and O–H groups in total. The van der Waals surface area contributed by atoms with E-state index in [1.54, 1.807) is 6.92 Å². The average Bonchev–Trinajstić information content (AvgIpc) is 2.29. The smallest absolute Gasteiger partial charge is 0.252 e. The highest BCUT2D eigenvalue weighted by atomic mass is 16.1. The molecule has 0 bridgehead atoms. The standard InChI is InChI=1S/C11H15N3O2/c1-8(15)9-2-4-14(5-3-9)10-6-11(16)13-7-12-10/h6-7,9H,2-5H2,1H3,(H,12,13,16). The third kappa shape index (κ3) is 2.29. The number of aromatic nitrogens is 2. The number of aromatic amines is 1. The van der Waals surface area contributed by atoms with Crippen molar-refractivity contribution >= 4 is 11.6 Å². The van der Waals surface area contributed by atoms with Gasteiger partial charge in [-0.15, -0.1) is 0 Å². The number of carbonyl (C=O) groups excluding carboxylic acids is 1. The summed E-state index contributed by atoms with van der Waals surface area (Å²) in [5.41, 5.74) is -0.140. The molecule has 5 nitrogen and oxygen atoms in total. The number of H-pyrrole nitrogens is 1. The molecular weight excluding hydrogens is 206 g/mol. The van der Waals surface area contributed by atoms with Gasteiger partial charge in [0.2, 0.25) is 0 Å². The first-order valence-corrected chi connectivity index (χ1v) is 5.47. The molecule has 0 spiro atoms. The van der Waals surface area contributed by atoms with Crippen LogP contribution in [0.15, 0.2) is 17.2 Å². The van der Waals surface area contributed by atoms with Crippen LogP contribution in [0.25, 0.3) is 0 Å². The van der Waals surface area contributed by atoms with Gasteiger partial charge in [-0.1, -0.05) is 0 Å². The lowest BCUT2D eigenvalue weighted by Gasteiger charge is -2.31. The van der Waals surface area contributed by atoms with Crippen molar-refractivity contribution in [2.75, 3.05) is 18.0 Å². The van der Waals surface area contributed by atoms with E-state index in [1.165, 1.54) is 12.4 Å². The first-order chi connectivity index (χ1) is 7.66. The number of piperidine rings is 1. The minimum atomic E-state index is -0.140. The molecule has 2 heterocycles. The van der Waals surface area contributed by atoms with Gasteiger partial charge in [0, 0.05) is 25.1 Å². The number of nitrogens with one attached hydrogen (secondary N) is 1. The Morgan fingerprint density at radius 2 is 2.19 bits per heavy atom. The van der Waals surface area contributed by atoms with Crippen LogP contribution in [0.3, 0.4) is 0 Å². The molecular formula is C11H15N3O2. The molecule has 1 aliphatic heterocycles. The zero-order valence-corrected chi connectivity index (χ0v) is 9.27. The second kappa shape index (κ2) is 4.47. The molecule has 5 heteroatoms. The maximum Gasteiger partial charge on any atom is 0.252 e. The predicted molar refractivity (Wildman–Crippen MR) is 60.5 cm³/mol. The van der Waals surface area contributed by atoms with E-state index in [0.29, 0.717) is 5.82 Å². The Bertz CT molecular complexity index is 433. The Labute approximate surface area is 93.5 Å². The molecule has 1 aromatic heterocycles. The number of hydrogen-bond acceptors (Lipinski definition) is 4. The topological polar surface area (TPSA) is 66.1 Å². The van der Waals surface area contributed by atoms with Gasteiger partial charge in [-0.25, -0.2) is 4.98 Å². The lowest BCUT2D eigenvalue weighted by atomic mass is 9.93. The highest BCUT2D eigenvalue weighted by Gasteiger charge is 2.22. The highest BCUT2D eigenvalue weighted by Crippen LogP contribution is 2.21. The summed E-state index contributed by atoms with van der Waals surface area (Å²) in [5.74, 6) is 1.14. The summed E-state index contributed by atoms with van der Waals surface area (Å²) in [5, 5.41) is 0. The second-order valence-electron chi connectivity index (χ2n) is 4.14. The molecule has 2 rings (SSSR count). The fourth-order valence-electron chi connectivity index (χ4n) is 2.05. The van der Waals surface area contributed by atoms with Crippen LogP contribution in [0.5, 0.6) is 0 Å². The van der Waals surface area contributed by atoms with E-state index >= 15 is 0 Å². The fourth-order valence-corrected chi connectivity index (χ4v) is 2.05. The van der Waals surface area contributed by atoms with Crippen LogP contribution in [0.2, 0.25) is 0 Å². The maximum absolute atomic E-state index is 11.2. The van der Waals surface area contributed by atoms with Crippen molar-refractivity contribution in [1.29, 1.82) is 0 Å². The third-order valence-corrected chi connectivity index (χ3v) is 3.06. The zero-order chi connectivity index (χ0) is 11.5. The van der Waals surface area contributed by atoms with Crippen molar-refractivity contribution in [3.63, 3.8) is 0 Å². The largest absolute Gasteiger partial charge is 0.356 e. The quantitative estimate of drug-likeness (QED) is 0.793. The number of anilines is 1. The Morgan fingerprint density at radius 3 is 2.75 bits per heavy atom. The Morgan fingerprint density at radius 1 is 1.50 bits per heavy atom. The van der Waals surface area contributed by atoms with Crippen molar-refractivity contribution in [3.8, 4) is 0 Å². The fraction of sp³-hybridized carbons (Fsp3) is 0.545. The van der Waals surface area contributed by atoms with Crippen molar-refractivity contribution in [3.05, 3.63) is 22.7 Å². The van der Waals surface area contributed by atoms with Crippen LogP contribution >= 0.6 is 0 Å². The van der Waals surface area contributed by atoms with Crippen LogP contribution in [0, 0.1) is 5.92 Å². The van der Waals surface area contributed by atoms with Gasteiger partial charge in [-0.2, -0.15) is 0 Å². The van der Waals surface area contributed by atoms with Crippen LogP contribution in [-0.4, -0.2) is 28.8 Å². The molecule has 1 aromatic rings. The summed E-state index contributed by atoms with van der Waals surface area (Å²) >= 11 is 0. The van der Waals surface area contributed by atoms with Gasteiger partial charge in [0.25, 0.3) is 5.56 Å². The molecule has 1 fully saturated rings. The van der Waals surface area contributed by atoms with Crippen molar-refractivity contribution in [1.82, 2.24) is 9.97 Å². The monoisotopic (exact) mass is 221 g/mol. The molecule has 0 aliphatic carbocycles. The lowest BCUT2D eigenvalue weighted by molar-refractivity contribution is -0.121. The van der Waals surface area contributed by atoms with Gasteiger partial charge >= 0.3 is 0 Å². The van der Waals surface area contributed by atoms with E-state index in [4.69, 9.17) is 0 Å². The number of hydrogen-bond donors (Lipinski definition) is 1. The molecule has 1 saturated heterocycles. The molecule has 0 aromatic carbocycles. The summed E-state index contributed by atoms with van der Waals surface area (Å²) < 4.78 is 0. The van der Waals surface area contributed by atoms with Crippen LogP contribution in [0.1, 0.15) is 19.8 Å².